The van der Waals surface area contributed by atoms with E-state index in [1.165, 1.54) is 0 Å². The van der Waals surface area contributed by atoms with Crippen LogP contribution in [0.4, 0.5) is 5.82 Å². The molecule has 1 unspecified atom stereocenters. The molecule has 1 saturated heterocycles. The zero-order valence-corrected chi connectivity index (χ0v) is 13.4. The molecule has 2 aromatic heterocycles. The van der Waals surface area contributed by atoms with E-state index in [-0.39, 0.29) is 0 Å². The Morgan fingerprint density at radius 3 is 2.59 bits per heavy atom. The predicted octanol–water partition coefficient (Wildman–Crippen LogP) is 0.978. The van der Waals surface area contributed by atoms with Gasteiger partial charge in [-0.25, -0.2) is 15.0 Å². The summed E-state index contributed by atoms with van der Waals surface area (Å²) < 4.78 is 7.72. The lowest BCUT2D eigenvalue weighted by Crippen LogP contribution is -2.37. The van der Waals surface area contributed by atoms with Gasteiger partial charge in [0, 0.05) is 26.2 Å². The average Bonchev–Trinajstić information content (AvgIpc) is 2.90. The minimum atomic E-state index is 0.306. The Morgan fingerprint density at radius 1 is 1.05 bits per heavy atom. The molecule has 4 heterocycles. The van der Waals surface area contributed by atoms with Crippen molar-refractivity contribution in [3.8, 4) is 0 Å². The molecular formula is C15H22N6O. The van der Waals surface area contributed by atoms with Crippen molar-refractivity contribution in [2.45, 2.75) is 26.4 Å². The van der Waals surface area contributed by atoms with Gasteiger partial charge in [-0.1, -0.05) is 0 Å². The highest BCUT2D eigenvalue weighted by Gasteiger charge is 2.28. The molecule has 0 N–H and O–H groups in total. The van der Waals surface area contributed by atoms with Crippen molar-refractivity contribution in [1.82, 2.24) is 24.4 Å². The number of aryl methyl sites for hydroxylation is 1. The summed E-state index contributed by atoms with van der Waals surface area (Å²) in [5, 5.41) is 0. The van der Waals surface area contributed by atoms with Gasteiger partial charge in [0.2, 0.25) is 0 Å². The first kappa shape index (κ1) is 13.9. The van der Waals surface area contributed by atoms with E-state index in [2.05, 4.69) is 38.3 Å². The normalized spacial score (nSPS) is 23.0. The minimum absolute atomic E-state index is 0.306. The monoisotopic (exact) mass is 302 g/mol. The Kier molecular flexibility index (Phi) is 3.27. The van der Waals surface area contributed by atoms with Crippen molar-refractivity contribution in [3.63, 3.8) is 0 Å². The molecule has 0 radical (unpaired) electrons. The van der Waals surface area contributed by atoms with Crippen LogP contribution in [0.1, 0.15) is 24.6 Å². The first-order valence-corrected chi connectivity index (χ1v) is 7.93. The lowest BCUT2D eigenvalue weighted by atomic mass is 10.2. The molecule has 7 heteroatoms. The largest absolute Gasteiger partial charge is 0.378 e. The number of likely N-dealkylation sites (N-methyl/N-ethyl adjacent to an activating group) is 1. The van der Waals surface area contributed by atoms with E-state index in [1.54, 1.807) is 0 Å². The standard InChI is InChI=1S/C15H22N6O/c1-10-13-18-12-14(20-6-8-22-9-7-20)16-11(2)17-15(12)21(13)5-4-19(10)3/h10H,4-9H2,1-3H3. The maximum absolute atomic E-state index is 5.46. The van der Waals surface area contributed by atoms with Crippen LogP contribution in [-0.2, 0) is 11.3 Å². The molecule has 4 rings (SSSR count). The lowest BCUT2D eigenvalue weighted by molar-refractivity contribution is 0.122. The minimum Gasteiger partial charge on any atom is -0.378 e. The number of aromatic nitrogens is 4. The Balaban J connectivity index is 1.89. The van der Waals surface area contributed by atoms with Crippen LogP contribution >= 0.6 is 0 Å². The van der Waals surface area contributed by atoms with Gasteiger partial charge in [-0.15, -0.1) is 0 Å². The van der Waals surface area contributed by atoms with Crippen molar-refractivity contribution >= 4 is 17.0 Å². The number of anilines is 1. The molecule has 0 aliphatic carbocycles. The number of hydrogen-bond acceptors (Lipinski definition) is 6. The zero-order valence-electron chi connectivity index (χ0n) is 13.4. The van der Waals surface area contributed by atoms with Gasteiger partial charge in [-0.05, 0) is 20.9 Å². The Morgan fingerprint density at radius 2 is 1.82 bits per heavy atom. The number of nitrogens with zero attached hydrogens (tertiary/aromatic N) is 6. The summed E-state index contributed by atoms with van der Waals surface area (Å²) >= 11 is 0. The molecule has 0 spiro atoms. The third-order valence-corrected chi connectivity index (χ3v) is 4.74. The molecule has 7 nitrogen and oxygen atoms in total. The van der Waals surface area contributed by atoms with Crippen LogP contribution in [0.25, 0.3) is 11.2 Å². The van der Waals surface area contributed by atoms with E-state index in [0.717, 1.165) is 68.0 Å². The molecule has 2 aliphatic rings. The average molecular weight is 302 g/mol. The number of morpholine rings is 1. The summed E-state index contributed by atoms with van der Waals surface area (Å²) in [4.78, 5) is 18.9. The van der Waals surface area contributed by atoms with E-state index in [9.17, 15) is 0 Å². The van der Waals surface area contributed by atoms with Crippen LogP contribution in [0, 0.1) is 6.92 Å². The second kappa shape index (κ2) is 5.17. The van der Waals surface area contributed by atoms with Gasteiger partial charge in [-0.3, -0.25) is 4.90 Å². The molecule has 0 aromatic carbocycles. The number of rotatable bonds is 1. The molecule has 1 fully saturated rings. The maximum Gasteiger partial charge on any atom is 0.166 e. The molecular weight excluding hydrogens is 280 g/mol. The maximum atomic E-state index is 5.46. The van der Waals surface area contributed by atoms with Crippen LogP contribution in [0.2, 0.25) is 0 Å². The van der Waals surface area contributed by atoms with Crippen molar-refractivity contribution in [2.24, 2.45) is 0 Å². The van der Waals surface area contributed by atoms with Crippen molar-refractivity contribution in [3.05, 3.63) is 11.6 Å². The molecule has 0 saturated carbocycles. The highest BCUT2D eigenvalue weighted by molar-refractivity contribution is 5.84. The molecule has 1 atom stereocenters. The fraction of sp³-hybridized carbons (Fsp3) is 0.667. The predicted molar refractivity (Wildman–Crippen MR) is 84.1 cm³/mol. The van der Waals surface area contributed by atoms with E-state index in [0.29, 0.717) is 6.04 Å². The van der Waals surface area contributed by atoms with Gasteiger partial charge in [0.1, 0.15) is 11.6 Å². The van der Waals surface area contributed by atoms with Gasteiger partial charge < -0.3 is 14.2 Å². The summed E-state index contributed by atoms with van der Waals surface area (Å²) in [7, 11) is 2.15. The quantitative estimate of drug-likeness (QED) is 0.782. The molecule has 118 valence electrons. The fourth-order valence-corrected chi connectivity index (χ4v) is 3.29. The van der Waals surface area contributed by atoms with E-state index >= 15 is 0 Å². The van der Waals surface area contributed by atoms with Gasteiger partial charge >= 0.3 is 0 Å². The molecule has 22 heavy (non-hydrogen) atoms. The number of imidazole rings is 1. The Hall–Kier alpha value is -1.73. The van der Waals surface area contributed by atoms with Crippen LogP contribution in [-0.4, -0.2) is 64.3 Å². The zero-order chi connectivity index (χ0) is 15.3. The lowest BCUT2D eigenvalue weighted by Gasteiger charge is -2.30. The third-order valence-electron chi connectivity index (χ3n) is 4.74. The Bertz CT molecular complexity index is 706. The highest BCUT2D eigenvalue weighted by Crippen LogP contribution is 2.31. The topological polar surface area (TPSA) is 59.3 Å². The van der Waals surface area contributed by atoms with Crippen LogP contribution < -0.4 is 4.90 Å². The molecule has 0 bridgehead atoms. The first-order valence-electron chi connectivity index (χ1n) is 7.93. The summed E-state index contributed by atoms with van der Waals surface area (Å²) in [5.74, 6) is 2.86. The fourth-order valence-electron chi connectivity index (χ4n) is 3.29. The van der Waals surface area contributed by atoms with Crippen molar-refractivity contribution < 1.29 is 4.74 Å². The van der Waals surface area contributed by atoms with Crippen LogP contribution in [0.15, 0.2) is 0 Å². The van der Waals surface area contributed by atoms with Gasteiger partial charge in [0.25, 0.3) is 0 Å². The van der Waals surface area contributed by atoms with Gasteiger partial charge in [-0.2, -0.15) is 0 Å². The van der Waals surface area contributed by atoms with Crippen molar-refractivity contribution in [2.75, 3.05) is 44.8 Å². The summed E-state index contributed by atoms with van der Waals surface area (Å²) in [6, 6.07) is 0.306. The van der Waals surface area contributed by atoms with E-state index in [4.69, 9.17) is 9.72 Å². The highest BCUT2D eigenvalue weighted by atomic mass is 16.5. The van der Waals surface area contributed by atoms with E-state index in [1.807, 2.05) is 6.92 Å². The smallest absolute Gasteiger partial charge is 0.166 e. The third kappa shape index (κ3) is 2.07. The number of ether oxygens (including phenoxy) is 1. The van der Waals surface area contributed by atoms with Crippen LogP contribution in [0.3, 0.4) is 0 Å². The second-order valence-electron chi connectivity index (χ2n) is 6.14. The van der Waals surface area contributed by atoms with Gasteiger partial charge in [0.15, 0.2) is 17.0 Å². The molecule has 2 aliphatic heterocycles. The molecule has 2 aromatic rings. The summed E-state index contributed by atoms with van der Waals surface area (Å²) in [6.07, 6.45) is 0. The molecule has 0 amide bonds. The number of fused-ring (bicyclic) bond motifs is 3. The van der Waals surface area contributed by atoms with Crippen LogP contribution in [0.5, 0.6) is 0 Å². The first-order chi connectivity index (χ1) is 10.6. The van der Waals surface area contributed by atoms with Gasteiger partial charge in [0.05, 0.1) is 19.3 Å². The number of hydrogen-bond donors (Lipinski definition) is 0. The second-order valence-corrected chi connectivity index (χ2v) is 6.14. The van der Waals surface area contributed by atoms with E-state index < -0.39 is 0 Å². The SMILES string of the molecule is Cc1nc(N2CCOCC2)c2nc3n(c2n1)CCN(C)C3C. The Labute approximate surface area is 129 Å². The van der Waals surface area contributed by atoms with Crippen molar-refractivity contribution in [1.29, 1.82) is 0 Å². The summed E-state index contributed by atoms with van der Waals surface area (Å²) in [5.41, 5.74) is 1.91. The summed E-state index contributed by atoms with van der Waals surface area (Å²) in [6.45, 7) is 9.34.